The minimum absolute atomic E-state index is 0.0371. The molecule has 0 bridgehead atoms. The topological polar surface area (TPSA) is 239 Å². The lowest BCUT2D eigenvalue weighted by atomic mass is 10.0. The molecule has 0 saturated carbocycles. The van der Waals surface area contributed by atoms with E-state index in [-0.39, 0.29) is 82.8 Å². The summed E-state index contributed by atoms with van der Waals surface area (Å²) >= 11 is 28.8. The molecule has 3 heterocycles. The van der Waals surface area contributed by atoms with E-state index in [1.807, 2.05) is 38.1 Å². The van der Waals surface area contributed by atoms with Crippen LogP contribution in [0.4, 0.5) is 18.9 Å². The SMILES string of the molecule is CC1(C)OC(c2ccco2)CN1C(=O)C(Cl)Cl.CCOC(=O)C(Cl)Cc1cc(-n2nc(C)n(C(F)F)c2=O)c(F)cc1Cl.CCOCN(C(=O)CCl)c1c(C)cccc1CC.CP(=O)(O)CCC(N)C(=O)O. The van der Waals surface area contributed by atoms with Crippen molar-refractivity contribution in [2.45, 2.75) is 102 Å². The van der Waals surface area contributed by atoms with Crippen molar-refractivity contribution >= 4 is 94.8 Å². The highest BCUT2D eigenvalue weighted by molar-refractivity contribution is 7.57. The standard InChI is InChI=1S/C15H14Cl2F3N3O3.C14H20ClNO2.C11H13Cl2NO3.C5H12NO4P/c1-3-26-13(24)10(17)4-8-5-12(11(18)6-9(8)16)23-15(25)22(14(19)20)7(2)21-23;1-4-12-8-6-7-11(3)14(12)16(10-18-5-2)13(17)9-15;1-11(2)14(10(15)9(12)13)6-8(17-11)7-4-3-5-16-7;1-11(9,10)3-2-4(6)5(7)8/h5-6,10,14H,3-4H2,1-2H3;6-8H,4-5,9-10H2,1-3H3;3-5,8-9H,6H2,1-2H3;4H,2-3,6H2,1H3,(H,7,8)(H,9,10). The van der Waals surface area contributed by atoms with Crippen molar-refractivity contribution in [1.82, 2.24) is 19.2 Å². The molecule has 1 aliphatic rings. The van der Waals surface area contributed by atoms with Gasteiger partial charge in [0, 0.05) is 30.9 Å². The van der Waals surface area contributed by atoms with Crippen LogP contribution < -0.4 is 16.3 Å². The molecule has 4 unspecified atom stereocenters. The fourth-order valence-corrected chi connectivity index (χ4v) is 8.20. The summed E-state index contributed by atoms with van der Waals surface area (Å²) < 4.78 is 72.6. The van der Waals surface area contributed by atoms with Gasteiger partial charge in [-0.1, -0.05) is 59.9 Å². The lowest BCUT2D eigenvalue weighted by molar-refractivity contribution is -0.144. The number of rotatable bonds is 18. The van der Waals surface area contributed by atoms with E-state index >= 15 is 0 Å². The van der Waals surface area contributed by atoms with Crippen LogP contribution in [0.3, 0.4) is 0 Å². The van der Waals surface area contributed by atoms with Gasteiger partial charge >= 0.3 is 24.2 Å². The number of benzene rings is 2. The molecule has 1 saturated heterocycles. The number of aryl methyl sites for hydroxylation is 3. The number of carboxylic acids is 1. The third kappa shape index (κ3) is 19.0. The second-order valence-electron chi connectivity index (χ2n) is 16.0. The van der Waals surface area contributed by atoms with Crippen LogP contribution >= 0.6 is 65.4 Å². The van der Waals surface area contributed by atoms with E-state index in [9.17, 15) is 41.7 Å². The second kappa shape index (κ2) is 29.7. The van der Waals surface area contributed by atoms with Gasteiger partial charge in [0.25, 0.3) is 5.91 Å². The summed E-state index contributed by atoms with van der Waals surface area (Å²) in [5.74, 6) is -2.89. The van der Waals surface area contributed by atoms with Gasteiger partial charge in [-0.2, -0.15) is 13.5 Å². The van der Waals surface area contributed by atoms with Gasteiger partial charge in [-0.25, -0.2) is 13.8 Å². The largest absolute Gasteiger partial charge is 0.480 e. The first-order valence-electron chi connectivity index (χ1n) is 21.9. The highest BCUT2D eigenvalue weighted by Crippen LogP contribution is 2.37. The lowest BCUT2D eigenvalue weighted by Gasteiger charge is -2.29. The first kappa shape index (κ1) is 64.0. The first-order chi connectivity index (χ1) is 33.6. The van der Waals surface area contributed by atoms with Crippen LogP contribution in [-0.2, 0) is 50.8 Å². The van der Waals surface area contributed by atoms with E-state index in [1.54, 1.807) is 38.0 Å². The molecule has 1 aliphatic heterocycles. The molecule has 18 nitrogen and oxygen atoms in total. The summed E-state index contributed by atoms with van der Waals surface area (Å²) in [6.45, 7) is 11.8. The van der Waals surface area contributed by atoms with Gasteiger partial charge in [-0.3, -0.25) is 28.6 Å². The number of furan rings is 1. The van der Waals surface area contributed by atoms with Crippen molar-refractivity contribution in [1.29, 1.82) is 0 Å². The molecule has 27 heteroatoms. The highest BCUT2D eigenvalue weighted by atomic mass is 35.5. The molecule has 4 N–H and O–H groups in total. The van der Waals surface area contributed by atoms with Gasteiger partial charge in [0.1, 0.15) is 53.1 Å². The Balaban J connectivity index is 0.000000343. The van der Waals surface area contributed by atoms with E-state index in [1.165, 1.54) is 18.5 Å². The predicted octanol–water partition coefficient (Wildman–Crippen LogP) is 8.77. The number of esters is 1. The van der Waals surface area contributed by atoms with Crippen molar-refractivity contribution in [2.75, 3.05) is 50.1 Å². The van der Waals surface area contributed by atoms with Crippen molar-refractivity contribution < 1.29 is 65.5 Å². The van der Waals surface area contributed by atoms with Crippen molar-refractivity contribution in [3.8, 4) is 5.69 Å². The van der Waals surface area contributed by atoms with Crippen LogP contribution in [0.2, 0.25) is 5.02 Å². The molecule has 72 heavy (non-hydrogen) atoms. The monoisotopic (exact) mass is 1140 g/mol. The molecular weight excluding hydrogens is 1080 g/mol. The first-order valence-corrected chi connectivity index (χ1v) is 26.4. The van der Waals surface area contributed by atoms with Crippen LogP contribution in [-0.4, -0.2) is 120 Å². The zero-order valence-corrected chi connectivity index (χ0v) is 45.3. The maximum atomic E-state index is 14.2. The quantitative estimate of drug-likeness (QED) is 0.0365. The number of amides is 2. The summed E-state index contributed by atoms with van der Waals surface area (Å²) in [5, 5.41) is 10.8. The van der Waals surface area contributed by atoms with Crippen LogP contribution in [0.25, 0.3) is 5.69 Å². The number of ether oxygens (including phenoxy) is 3. The fraction of sp³-hybridized carbons (Fsp3) is 0.511. The summed E-state index contributed by atoms with van der Waals surface area (Å²) in [4.78, 5) is 68.4. The molecule has 0 radical (unpaired) electrons. The lowest BCUT2D eigenvalue weighted by Crippen LogP contribution is -2.45. The molecule has 0 aliphatic carbocycles. The number of aromatic nitrogens is 3. The second-order valence-corrected chi connectivity index (χ2v) is 20.9. The molecule has 402 valence electrons. The molecule has 2 amide bonds. The third-order valence-corrected chi connectivity index (χ3v) is 12.6. The average molecular weight is 1140 g/mol. The number of para-hydroxylation sites is 1. The van der Waals surface area contributed by atoms with Crippen molar-refractivity contribution in [2.24, 2.45) is 5.73 Å². The molecule has 0 spiro atoms. The number of carbonyl (C=O) groups excluding carboxylic acids is 3. The van der Waals surface area contributed by atoms with E-state index in [2.05, 4.69) is 12.0 Å². The average Bonchev–Trinajstić information content (AvgIpc) is 4.03. The Morgan fingerprint density at radius 2 is 1.71 bits per heavy atom. The van der Waals surface area contributed by atoms with Crippen LogP contribution in [0.1, 0.15) is 82.0 Å². The van der Waals surface area contributed by atoms with Gasteiger partial charge in [0.15, 0.2) is 18.0 Å². The van der Waals surface area contributed by atoms with Gasteiger partial charge < -0.3 is 39.3 Å². The Bertz CT molecular complexity index is 2530. The Morgan fingerprint density at radius 3 is 2.21 bits per heavy atom. The summed E-state index contributed by atoms with van der Waals surface area (Å²) in [5.41, 5.74) is 6.11. The Hall–Kier alpha value is -4.15. The molecule has 4 aromatic rings. The normalized spacial score (nSPS) is 15.5. The van der Waals surface area contributed by atoms with E-state index in [0.717, 1.165) is 35.4 Å². The van der Waals surface area contributed by atoms with Gasteiger partial charge in [-0.15, -0.1) is 28.3 Å². The number of hydrogen-bond acceptors (Lipinski definition) is 12. The predicted molar refractivity (Wildman–Crippen MR) is 269 cm³/mol. The summed E-state index contributed by atoms with van der Waals surface area (Å²) in [6.07, 6.45) is 2.05. The zero-order chi connectivity index (χ0) is 54.8. The smallest absolute Gasteiger partial charge is 0.355 e. The summed E-state index contributed by atoms with van der Waals surface area (Å²) in [7, 11) is -3.10. The van der Waals surface area contributed by atoms with Crippen molar-refractivity contribution in [3.05, 3.63) is 98.3 Å². The maximum absolute atomic E-state index is 14.2. The number of nitrogens with zero attached hydrogens (tertiary/aromatic N) is 5. The minimum Gasteiger partial charge on any atom is -0.480 e. The number of hydrogen-bond donors (Lipinski definition) is 3. The Labute approximate surface area is 439 Å². The van der Waals surface area contributed by atoms with Gasteiger partial charge in [0.05, 0.1) is 25.1 Å². The number of nitrogens with two attached hydrogens (primary N) is 1. The van der Waals surface area contributed by atoms with E-state index in [4.69, 9.17) is 92.4 Å². The van der Waals surface area contributed by atoms with E-state index in [0.29, 0.717) is 23.6 Å². The number of carbonyl (C=O) groups is 4. The number of alkyl halides is 6. The van der Waals surface area contributed by atoms with Gasteiger partial charge in [-0.05, 0) is 95.3 Å². The Kier molecular flexibility index (Phi) is 26.4. The van der Waals surface area contributed by atoms with Crippen molar-refractivity contribution in [3.63, 3.8) is 0 Å². The number of anilines is 1. The molecular formula is C45H59Cl5F3N6O12P. The zero-order valence-electron chi connectivity index (χ0n) is 40.6. The van der Waals surface area contributed by atoms with Gasteiger partial charge in [0.2, 0.25) is 5.91 Å². The maximum Gasteiger partial charge on any atom is 0.355 e. The third-order valence-electron chi connectivity index (χ3n) is 10.2. The number of carboxylic acid groups (broad SMARTS) is 1. The highest BCUT2D eigenvalue weighted by Gasteiger charge is 2.45. The van der Waals surface area contributed by atoms with Crippen LogP contribution in [0, 0.1) is 19.7 Å². The molecule has 2 aromatic carbocycles. The van der Waals surface area contributed by atoms with Crippen LogP contribution in [0.5, 0.6) is 0 Å². The summed E-state index contributed by atoms with van der Waals surface area (Å²) in [6, 6.07) is 10.6. The number of halogens is 8. The minimum atomic E-state index is -3.12. The molecule has 1 fully saturated rings. The fourth-order valence-electron chi connectivity index (χ4n) is 6.61. The molecule has 5 rings (SSSR count). The molecule has 2 aromatic heterocycles. The molecule has 4 atom stereocenters. The van der Waals surface area contributed by atoms with Crippen LogP contribution in [0.15, 0.2) is 57.9 Å². The number of aliphatic carboxylic acids is 1. The Morgan fingerprint density at radius 1 is 1.06 bits per heavy atom. The van der Waals surface area contributed by atoms with E-state index < -0.39 is 59.3 Å².